The van der Waals surface area contributed by atoms with Crippen molar-refractivity contribution in [3.63, 3.8) is 0 Å². The van der Waals surface area contributed by atoms with Crippen LogP contribution in [0.1, 0.15) is 0 Å². The molecule has 0 bridgehead atoms. The topological polar surface area (TPSA) is 49.8 Å². The highest BCUT2D eigenvalue weighted by atomic mass is 35.5. The third-order valence-electron chi connectivity index (χ3n) is 1.21. The molecule has 5 heteroatoms. The van der Waals surface area contributed by atoms with Gasteiger partial charge in [0.25, 0.3) is 0 Å². The van der Waals surface area contributed by atoms with Crippen molar-refractivity contribution in [1.82, 2.24) is 0 Å². The molecule has 62 valence electrons. The summed E-state index contributed by atoms with van der Waals surface area (Å²) in [5, 5.41) is 11.2. The second kappa shape index (κ2) is 3.90. The standard InChI is InChI=1S/C7H4Cl2N2S/c8-4-2-7(12-3-10)5(9)1-6(4)11/h1-2H,11H2. The molecule has 0 atom stereocenters. The maximum atomic E-state index is 8.38. The molecule has 0 aliphatic rings. The molecule has 0 unspecified atom stereocenters. The van der Waals surface area contributed by atoms with Crippen molar-refractivity contribution >= 4 is 40.7 Å². The molecule has 0 heterocycles. The summed E-state index contributed by atoms with van der Waals surface area (Å²) in [5.41, 5.74) is 5.90. The van der Waals surface area contributed by atoms with E-state index in [4.69, 9.17) is 34.2 Å². The number of nitrogen functional groups attached to an aromatic ring is 1. The van der Waals surface area contributed by atoms with E-state index in [1.54, 1.807) is 6.07 Å². The van der Waals surface area contributed by atoms with Gasteiger partial charge in [0.2, 0.25) is 0 Å². The van der Waals surface area contributed by atoms with E-state index in [-0.39, 0.29) is 0 Å². The van der Waals surface area contributed by atoms with E-state index in [9.17, 15) is 0 Å². The Morgan fingerprint density at radius 2 is 2.00 bits per heavy atom. The van der Waals surface area contributed by atoms with E-state index in [1.165, 1.54) is 6.07 Å². The molecule has 0 radical (unpaired) electrons. The number of benzene rings is 1. The number of nitrogens with zero attached hydrogens (tertiary/aromatic N) is 1. The largest absolute Gasteiger partial charge is 0.397 e. The zero-order valence-electron chi connectivity index (χ0n) is 5.84. The Balaban J connectivity index is 3.16. The van der Waals surface area contributed by atoms with Gasteiger partial charge >= 0.3 is 0 Å². The molecule has 0 fully saturated rings. The maximum Gasteiger partial charge on any atom is 0.138 e. The summed E-state index contributed by atoms with van der Waals surface area (Å²) in [7, 11) is 0. The van der Waals surface area contributed by atoms with Crippen LogP contribution in [0.3, 0.4) is 0 Å². The third-order valence-corrected chi connectivity index (χ3v) is 2.61. The lowest BCUT2D eigenvalue weighted by molar-refractivity contribution is 1.46. The van der Waals surface area contributed by atoms with Crippen molar-refractivity contribution in [2.75, 3.05) is 5.73 Å². The number of rotatable bonds is 1. The number of nitrogens with two attached hydrogens (primary N) is 1. The van der Waals surface area contributed by atoms with Crippen molar-refractivity contribution < 1.29 is 0 Å². The summed E-state index contributed by atoms with van der Waals surface area (Å²) in [6.07, 6.45) is 0. The average Bonchev–Trinajstić information content (AvgIpc) is 2.01. The van der Waals surface area contributed by atoms with Crippen LogP contribution in [0.25, 0.3) is 0 Å². The first-order chi connectivity index (χ1) is 5.65. The Morgan fingerprint density at radius 1 is 1.33 bits per heavy atom. The van der Waals surface area contributed by atoms with Crippen LogP contribution < -0.4 is 5.73 Å². The van der Waals surface area contributed by atoms with E-state index in [0.717, 1.165) is 11.8 Å². The van der Waals surface area contributed by atoms with Gasteiger partial charge in [0.05, 0.1) is 15.7 Å². The molecule has 0 spiro atoms. The van der Waals surface area contributed by atoms with Gasteiger partial charge < -0.3 is 5.73 Å². The first-order valence-corrected chi connectivity index (χ1v) is 4.53. The predicted octanol–water partition coefficient (Wildman–Crippen LogP) is 3.15. The van der Waals surface area contributed by atoms with Gasteiger partial charge in [-0.2, -0.15) is 5.26 Å². The van der Waals surface area contributed by atoms with Crippen LogP contribution in [-0.4, -0.2) is 0 Å². The number of anilines is 1. The zero-order valence-corrected chi connectivity index (χ0v) is 8.17. The fourth-order valence-corrected chi connectivity index (χ4v) is 1.62. The lowest BCUT2D eigenvalue weighted by Crippen LogP contribution is -1.86. The average molecular weight is 219 g/mol. The van der Waals surface area contributed by atoms with Crippen LogP contribution in [0.2, 0.25) is 10.0 Å². The van der Waals surface area contributed by atoms with E-state index in [2.05, 4.69) is 0 Å². The molecule has 0 aliphatic heterocycles. The molecule has 2 N–H and O–H groups in total. The molecule has 0 aromatic heterocycles. The molecule has 0 aliphatic carbocycles. The van der Waals surface area contributed by atoms with Crippen LogP contribution >= 0.6 is 35.0 Å². The van der Waals surface area contributed by atoms with E-state index in [0.29, 0.717) is 20.6 Å². The van der Waals surface area contributed by atoms with Gasteiger partial charge in [-0.25, -0.2) is 0 Å². The van der Waals surface area contributed by atoms with Gasteiger partial charge in [-0.1, -0.05) is 23.2 Å². The molecule has 0 saturated heterocycles. The van der Waals surface area contributed by atoms with Crippen LogP contribution in [0, 0.1) is 10.7 Å². The Morgan fingerprint density at radius 3 is 2.58 bits per heavy atom. The van der Waals surface area contributed by atoms with Crippen LogP contribution in [0.4, 0.5) is 5.69 Å². The summed E-state index contributed by atoms with van der Waals surface area (Å²) in [6.45, 7) is 0. The summed E-state index contributed by atoms with van der Waals surface area (Å²) < 4.78 is 0. The summed E-state index contributed by atoms with van der Waals surface area (Å²) in [4.78, 5) is 0.623. The monoisotopic (exact) mass is 218 g/mol. The van der Waals surface area contributed by atoms with Gasteiger partial charge in [0, 0.05) is 4.90 Å². The Bertz CT molecular complexity index is 346. The van der Waals surface area contributed by atoms with Crippen molar-refractivity contribution in [3.05, 3.63) is 22.2 Å². The summed E-state index contributed by atoms with van der Waals surface area (Å²) >= 11 is 12.4. The number of thioether (sulfide) groups is 1. The summed E-state index contributed by atoms with van der Waals surface area (Å²) in [5.74, 6) is 0. The molecular weight excluding hydrogens is 215 g/mol. The second-order valence-corrected chi connectivity index (χ2v) is 3.64. The van der Waals surface area contributed by atoms with E-state index >= 15 is 0 Å². The number of hydrogen-bond acceptors (Lipinski definition) is 3. The summed E-state index contributed by atoms with van der Waals surface area (Å²) in [6, 6.07) is 3.11. The lowest BCUT2D eigenvalue weighted by atomic mass is 10.3. The molecule has 1 aromatic rings. The highest BCUT2D eigenvalue weighted by Gasteiger charge is 2.04. The number of thiocyanates is 1. The number of hydrogen-bond donors (Lipinski definition) is 1. The van der Waals surface area contributed by atoms with Crippen molar-refractivity contribution in [1.29, 1.82) is 5.26 Å². The van der Waals surface area contributed by atoms with Gasteiger partial charge in [0.1, 0.15) is 5.40 Å². The van der Waals surface area contributed by atoms with E-state index < -0.39 is 0 Å². The SMILES string of the molecule is N#CSc1cc(Cl)c(N)cc1Cl. The molecule has 1 rings (SSSR count). The van der Waals surface area contributed by atoms with Gasteiger partial charge in [0.15, 0.2) is 0 Å². The van der Waals surface area contributed by atoms with Crippen molar-refractivity contribution in [2.45, 2.75) is 4.90 Å². The lowest BCUT2D eigenvalue weighted by Gasteiger charge is -2.01. The molecule has 1 aromatic carbocycles. The minimum atomic E-state index is 0.414. The maximum absolute atomic E-state index is 8.38. The van der Waals surface area contributed by atoms with Crippen LogP contribution in [0.15, 0.2) is 17.0 Å². The molecule has 0 amide bonds. The van der Waals surface area contributed by atoms with Crippen LogP contribution in [0.5, 0.6) is 0 Å². The Kier molecular flexibility index (Phi) is 3.10. The van der Waals surface area contributed by atoms with Crippen molar-refractivity contribution in [2.24, 2.45) is 0 Å². The fourth-order valence-electron chi connectivity index (χ4n) is 0.671. The zero-order chi connectivity index (χ0) is 9.14. The molecule has 2 nitrogen and oxygen atoms in total. The molecule has 0 saturated carbocycles. The molecule has 12 heavy (non-hydrogen) atoms. The number of halogens is 2. The Hall–Kier alpha value is -0.560. The van der Waals surface area contributed by atoms with Gasteiger partial charge in [-0.3, -0.25) is 0 Å². The Labute approximate surface area is 84.3 Å². The quantitative estimate of drug-likeness (QED) is 0.448. The predicted molar refractivity (Wildman–Crippen MR) is 52.3 cm³/mol. The first-order valence-electron chi connectivity index (χ1n) is 2.95. The minimum absolute atomic E-state index is 0.414. The van der Waals surface area contributed by atoms with Crippen molar-refractivity contribution in [3.8, 4) is 5.40 Å². The second-order valence-electron chi connectivity index (χ2n) is 2.00. The van der Waals surface area contributed by atoms with Gasteiger partial charge in [-0.15, -0.1) is 0 Å². The van der Waals surface area contributed by atoms with Crippen LogP contribution in [-0.2, 0) is 0 Å². The molecular formula is C7H4Cl2N2S. The smallest absolute Gasteiger partial charge is 0.138 e. The first kappa shape index (κ1) is 9.53. The highest BCUT2D eigenvalue weighted by molar-refractivity contribution is 8.03. The minimum Gasteiger partial charge on any atom is -0.397 e. The highest BCUT2D eigenvalue weighted by Crippen LogP contribution is 2.32. The normalized spacial score (nSPS) is 9.42. The fraction of sp³-hybridized carbons (Fsp3) is 0. The number of nitriles is 1. The van der Waals surface area contributed by atoms with Gasteiger partial charge in [-0.05, 0) is 23.9 Å². The van der Waals surface area contributed by atoms with E-state index in [1.807, 2.05) is 5.40 Å². The third kappa shape index (κ3) is 1.98.